The van der Waals surface area contributed by atoms with Gasteiger partial charge in [-0.25, -0.2) is 0 Å². The number of hydrogen-bond acceptors (Lipinski definition) is 4. The highest BCUT2D eigenvalue weighted by Gasteiger charge is 2.32. The molecule has 27 heavy (non-hydrogen) atoms. The first-order chi connectivity index (χ1) is 12.9. The maximum atomic E-state index is 12.5. The van der Waals surface area contributed by atoms with Gasteiger partial charge in [-0.05, 0) is 31.2 Å². The van der Waals surface area contributed by atoms with Gasteiger partial charge in [0, 0.05) is 22.5 Å². The molecule has 2 aromatic carbocycles. The normalized spacial score (nSPS) is 17.7. The number of hydrogen-bond donors (Lipinski definition) is 2. The molecule has 0 spiro atoms. The van der Waals surface area contributed by atoms with Crippen LogP contribution in [0.25, 0.3) is 5.70 Å². The molecule has 0 bridgehead atoms. The van der Waals surface area contributed by atoms with E-state index >= 15 is 0 Å². The number of rotatable bonds is 3. The lowest BCUT2D eigenvalue weighted by Gasteiger charge is -2.24. The number of carbonyl (C=O) groups is 3. The number of nitrogens with one attached hydrogen (secondary N) is 2. The molecule has 0 aromatic heterocycles. The number of ether oxygens (including phenoxy) is 1. The largest absolute Gasteiger partial charge is 0.479 e. The van der Waals surface area contributed by atoms with Crippen LogP contribution in [-0.4, -0.2) is 35.3 Å². The van der Waals surface area contributed by atoms with Crippen LogP contribution in [0.5, 0.6) is 5.75 Å². The van der Waals surface area contributed by atoms with Gasteiger partial charge in [-0.2, -0.15) is 0 Å². The molecule has 0 saturated carbocycles. The molecule has 2 aliphatic rings. The highest BCUT2D eigenvalue weighted by atomic mass is 16.5. The number of benzene rings is 2. The fourth-order valence-electron chi connectivity index (χ4n) is 3.13. The molecule has 0 saturated heterocycles. The van der Waals surface area contributed by atoms with Crippen molar-refractivity contribution < 1.29 is 19.1 Å². The molecule has 136 valence electrons. The van der Waals surface area contributed by atoms with Crippen molar-refractivity contribution in [2.24, 2.45) is 0 Å². The smallest absolute Gasteiger partial charge is 0.265 e. The van der Waals surface area contributed by atoms with Crippen LogP contribution in [0.2, 0.25) is 0 Å². The molecule has 0 radical (unpaired) electrons. The van der Waals surface area contributed by atoms with Crippen molar-refractivity contribution in [3.05, 3.63) is 60.2 Å². The van der Waals surface area contributed by atoms with Crippen molar-refractivity contribution in [1.29, 1.82) is 0 Å². The second-order valence-electron chi connectivity index (χ2n) is 6.39. The molecule has 0 aliphatic carbocycles. The summed E-state index contributed by atoms with van der Waals surface area (Å²) in [5.74, 6) is -0.319. The molecular formula is C20H17N3O4. The Morgan fingerprint density at radius 2 is 1.96 bits per heavy atom. The third-order valence-corrected chi connectivity index (χ3v) is 4.54. The zero-order chi connectivity index (χ0) is 19.1. The lowest BCUT2D eigenvalue weighted by molar-refractivity contribution is -0.122. The quantitative estimate of drug-likeness (QED) is 0.877. The maximum absolute atomic E-state index is 12.5. The molecule has 0 fully saturated rings. The molecule has 3 amide bonds. The molecule has 4 rings (SSSR count). The summed E-state index contributed by atoms with van der Waals surface area (Å²) >= 11 is 0. The predicted molar refractivity (Wildman–Crippen MR) is 100 cm³/mol. The lowest BCUT2D eigenvalue weighted by Crippen LogP contribution is -2.34. The second-order valence-corrected chi connectivity index (χ2v) is 6.39. The Hall–Kier alpha value is -3.61. The predicted octanol–water partition coefficient (Wildman–Crippen LogP) is 2.47. The minimum absolute atomic E-state index is 0.149. The van der Waals surface area contributed by atoms with E-state index in [4.69, 9.17) is 4.74 Å². The number of nitrogens with zero attached hydrogens (tertiary/aromatic N) is 1. The lowest BCUT2D eigenvalue weighted by atomic mass is 10.1. The van der Waals surface area contributed by atoms with Gasteiger partial charge in [-0.15, -0.1) is 0 Å². The van der Waals surface area contributed by atoms with Gasteiger partial charge < -0.3 is 15.4 Å². The minimum atomic E-state index is -0.563. The summed E-state index contributed by atoms with van der Waals surface area (Å²) in [6, 6.07) is 12.1. The number of amides is 3. The van der Waals surface area contributed by atoms with Crippen LogP contribution in [-0.2, 0) is 9.59 Å². The van der Waals surface area contributed by atoms with Crippen LogP contribution in [0.15, 0.2) is 49.0 Å². The van der Waals surface area contributed by atoms with Crippen molar-refractivity contribution in [2.75, 3.05) is 17.2 Å². The van der Waals surface area contributed by atoms with Crippen molar-refractivity contribution in [3.8, 4) is 5.75 Å². The van der Waals surface area contributed by atoms with Gasteiger partial charge in [0.25, 0.3) is 11.8 Å². The van der Waals surface area contributed by atoms with Gasteiger partial charge >= 0.3 is 0 Å². The summed E-state index contributed by atoms with van der Waals surface area (Å²) in [6.07, 6.45) is -0.563. The molecule has 1 unspecified atom stereocenters. The van der Waals surface area contributed by atoms with Gasteiger partial charge in [-0.3, -0.25) is 19.3 Å². The zero-order valence-corrected chi connectivity index (χ0v) is 14.6. The molecule has 2 aromatic rings. The minimum Gasteiger partial charge on any atom is -0.479 e. The molecule has 2 heterocycles. The van der Waals surface area contributed by atoms with E-state index in [1.165, 1.54) is 4.90 Å². The molecule has 2 N–H and O–H groups in total. The monoisotopic (exact) mass is 363 g/mol. The Bertz CT molecular complexity index is 963. The average Bonchev–Trinajstić information content (AvgIpc) is 2.88. The highest BCUT2D eigenvalue weighted by Crippen LogP contribution is 2.33. The summed E-state index contributed by atoms with van der Waals surface area (Å²) in [5, 5.41) is 5.46. The SMILES string of the molecule is C=C1c2ccccc2C(=O)N1CC(=O)Nc1ccc2c(c1)NC(=O)C(C)O2. The van der Waals surface area contributed by atoms with Gasteiger partial charge in [0.2, 0.25) is 5.91 Å². The van der Waals surface area contributed by atoms with E-state index < -0.39 is 6.10 Å². The summed E-state index contributed by atoms with van der Waals surface area (Å²) < 4.78 is 5.49. The topological polar surface area (TPSA) is 87.7 Å². The Balaban J connectivity index is 1.47. The standard InChI is InChI=1S/C20H17N3O4/c1-11-14-5-3-4-6-15(14)20(26)23(11)10-18(24)21-13-7-8-17-16(9-13)22-19(25)12(2)27-17/h3-9,12H,1,10H2,2H3,(H,21,24)(H,22,25). The zero-order valence-electron chi connectivity index (χ0n) is 14.6. The Morgan fingerprint density at radius 3 is 2.70 bits per heavy atom. The first kappa shape index (κ1) is 16.8. The van der Waals surface area contributed by atoms with Crippen molar-refractivity contribution in [3.63, 3.8) is 0 Å². The van der Waals surface area contributed by atoms with Crippen LogP contribution in [0.3, 0.4) is 0 Å². The van der Waals surface area contributed by atoms with E-state index in [2.05, 4.69) is 17.2 Å². The number of anilines is 2. The summed E-state index contributed by atoms with van der Waals surface area (Å²) in [4.78, 5) is 38.0. The Kier molecular flexibility index (Phi) is 3.92. The Morgan fingerprint density at radius 1 is 1.22 bits per heavy atom. The fourth-order valence-corrected chi connectivity index (χ4v) is 3.13. The van der Waals surface area contributed by atoms with E-state index in [9.17, 15) is 14.4 Å². The van der Waals surface area contributed by atoms with Crippen molar-refractivity contribution in [1.82, 2.24) is 4.90 Å². The van der Waals surface area contributed by atoms with Crippen LogP contribution in [0.4, 0.5) is 11.4 Å². The highest BCUT2D eigenvalue weighted by molar-refractivity contribution is 6.11. The van der Waals surface area contributed by atoms with Crippen LogP contribution in [0, 0.1) is 0 Å². The van der Waals surface area contributed by atoms with E-state index in [-0.39, 0.29) is 24.3 Å². The summed E-state index contributed by atoms with van der Waals surface area (Å²) in [6.45, 7) is 5.43. The molecule has 2 aliphatic heterocycles. The van der Waals surface area contributed by atoms with Crippen LogP contribution < -0.4 is 15.4 Å². The molecule has 7 heteroatoms. The molecular weight excluding hydrogens is 346 g/mol. The van der Waals surface area contributed by atoms with Crippen molar-refractivity contribution >= 4 is 34.8 Å². The number of fused-ring (bicyclic) bond motifs is 2. The average molecular weight is 363 g/mol. The molecule has 7 nitrogen and oxygen atoms in total. The third-order valence-electron chi connectivity index (χ3n) is 4.54. The third kappa shape index (κ3) is 2.93. The van der Waals surface area contributed by atoms with E-state index in [0.29, 0.717) is 28.4 Å². The maximum Gasteiger partial charge on any atom is 0.265 e. The van der Waals surface area contributed by atoms with Crippen LogP contribution in [0.1, 0.15) is 22.8 Å². The van der Waals surface area contributed by atoms with E-state index in [1.54, 1.807) is 43.3 Å². The van der Waals surface area contributed by atoms with E-state index in [1.807, 2.05) is 6.07 Å². The van der Waals surface area contributed by atoms with Gasteiger partial charge in [-0.1, -0.05) is 24.8 Å². The van der Waals surface area contributed by atoms with Crippen molar-refractivity contribution in [2.45, 2.75) is 13.0 Å². The summed E-state index contributed by atoms with van der Waals surface area (Å²) in [7, 11) is 0. The summed E-state index contributed by atoms with van der Waals surface area (Å²) in [5.41, 5.74) is 2.76. The van der Waals surface area contributed by atoms with Crippen LogP contribution >= 0.6 is 0 Å². The second kappa shape index (κ2) is 6.28. The van der Waals surface area contributed by atoms with Gasteiger partial charge in [0.15, 0.2) is 6.10 Å². The van der Waals surface area contributed by atoms with E-state index in [0.717, 1.165) is 5.56 Å². The molecule has 1 atom stereocenters. The first-order valence-electron chi connectivity index (χ1n) is 8.45. The van der Waals surface area contributed by atoms with Gasteiger partial charge in [0.05, 0.1) is 5.69 Å². The number of carbonyl (C=O) groups excluding carboxylic acids is 3. The fraction of sp³-hybridized carbons (Fsp3) is 0.150. The van der Waals surface area contributed by atoms with Gasteiger partial charge in [0.1, 0.15) is 12.3 Å². The Labute approximate surface area is 155 Å². The first-order valence-corrected chi connectivity index (χ1v) is 8.45.